The molecule has 0 fully saturated rings. The fourth-order valence-corrected chi connectivity index (χ4v) is 3.14. The maximum atomic E-state index is 13.7. The molecular weight excluding hydrogens is 351 g/mol. The summed E-state index contributed by atoms with van der Waals surface area (Å²) < 4.78 is 42.0. The van der Waals surface area contributed by atoms with Crippen LogP contribution in [0, 0.1) is 5.82 Å². The number of carboxylic acid groups (broad SMARTS) is 1. The lowest BCUT2D eigenvalue weighted by Gasteiger charge is -2.09. The Hall–Kier alpha value is -3.27. The van der Waals surface area contributed by atoms with Gasteiger partial charge in [0.15, 0.2) is 0 Å². The molecule has 0 aliphatic carbocycles. The lowest BCUT2D eigenvalue weighted by atomic mass is 10.2. The summed E-state index contributed by atoms with van der Waals surface area (Å²) >= 11 is 0. The van der Waals surface area contributed by atoms with Gasteiger partial charge in [0.2, 0.25) is 0 Å². The molecule has 0 spiro atoms. The van der Waals surface area contributed by atoms with Crippen molar-refractivity contribution in [1.29, 1.82) is 0 Å². The first-order valence-electron chi connectivity index (χ1n) is 6.89. The standard InChI is InChI=1S/C15H11FN4O4S/c16-14-9-10(1-6-13(14)15(21)22)18-25(23,24)12-4-2-11(3-5-12)20-8-7-17-19-20/h1-9,18H,(H,21,22). The van der Waals surface area contributed by atoms with Crippen molar-refractivity contribution in [2.45, 2.75) is 4.90 Å². The minimum atomic E-state index is -3.96. The van der Waals surface area contributed by atoms with Crippen LogP contribution < -0.4 is 4.72 Å². The molecule has 10 heteroatoms. The van der Waals surface area contributed by atoms with Gasteiger partial charge in [0.05, 0.1) is 34.2 Å². The van der Waals surface area contributed by atoms with E-state index in [1.54, 1.807) is 6.20 Å². The van der Waals surface area contributed by atoms with Crippen molar-refractivity contribution in [3.05, 3.63) is 66.2 Å². The number of aromatic nitrogens is 3. The molecule has 0 aliphatic heterocycles. The Morgan fingerprint density at radius 1 is 1.16 bits per heavy atom. The molecule has 0 atom stereocenters. The topological polar surface area (TPSA) is 114 Å². The fraction of sp³-hybridized carbons (Fsp3) is 0. The van der Waals surface area contributed by atoms with Crippen molar-refractivity contribution in [3.63, 3.8) is 0 Å². The lowest BCUT2D eigenvalue weighted by Crippen LogP contribution is -2.13. The number of rotatable bonds is 5. The molecular formula is C15H11FN4O4S. The number of aromatic carboxylic acids is 1. The summed E-state index contributed by atoms with van der Waals surface area (Å²) in [6.45, 7) is 0. The zero-order valence-corrected chi connectivity index (χ0v) is 13.3. The summed E-state index contributed by atoms with van der Waals surface area (Å²) in [6.07, 6.45) is 3.09. The van der Waals surface area contributed by atoms with Crippen LogP contribution in [-0.4, -0.2) is 34.5 Å². The highest BCUT2D eigenvalue weighted by Crippen LogP contribution is 2.20. The van der Waals surface area contributed by atoms with E-state index in [1.165, 1.54) is 41.2 Å². The number of carboxylic acids is 1. The van der Waals surface area contributed by atoms with E-state index in [9.17, 15) is 17.6 Å². The number of hydrogen-bond acceptors (Lipinski definition) is 5. The summed E-state index contributed by atoms with van der Waals surface area (Å²) in [6, 6.07) is 8.78. The summed E-state index contributed by atoms with van der Waals surface area (Å²) in [5.41, 5.74) is -0.00343. The van der Waals surface area contributed by atoms with Gasteiger partial charge in [-0.1, -0.05) is 5.21 Å². The predicted molar refractivity (Wildman–Crippen MR) is 85.5 cm³/mol. The average Bonchev–Trinajstić information content (AvgIpc) is 3.09. The van der Waals surface area contributed by atoms with Crippen LogP contribution in [0.4, 0.5) is 10.1 Å². The first-order chi connectivity index (χ1) is 11.9. The number of nitrogens with one attached hydrogen (secondary N) is 1. The molecule has 0 saturated carbocycles. The molecule has 0 saturated heterocycles. The van der Waals surface area contributed by atoms with E-state index in [4.69, 9.17) is 5.11 Å². The van der Waals surface area contributed by atoms with Gasteiger partial charge in [0.1, 0.15) is 5.82 Å². The number of carbonyl (C=O) groups is 1. The van der Waals surface area contributed by atoms with Crippen LogP contribution in [0.25, 0.3) is 5.69 Å². The maximum Gasteiger partial charge on any atom is 0.338 e. The molecule has 0 unspecified atom stereocenters. The third-order valence-corrected chi connectivity index (χ3v) is 4.68. The number of anilines is 1. The SMILES string of the molecule is O=C(O)c1ccc(NS(=O)(=O)c2ccc(-n3ccnn3)cc2)cc1F. The number of nitrogens with zero attached hydrogens (tertiary/aromatic N) is 3. The second-order valence-corrected chi connectivity index (χ2v) is 6.63. The summed E-state index contributed by atoms with van der Waals surface area (Å²) in [5, 5.41) is 16.2. The largest absolute Gasteiger partial charge is 0.478 e. The number of halogens is 1. The summed E-state index contributed by atoms with van der Waals surface area (Å²) in [7, 11) is -3.96. The van der Waals surface area contributed by atoms with Crippen LogP contribution in [0.3, 0.4) is 0 Å². The molecule has 1 aromatic heterocycles. The van der Waals surface area contributed by atoms with E-state index < -0.39 is 27.4 Å². The van der Waals surface area contributed by atoms with Gasteiger partial charge in [-0.05, 0) is 42.5 Å². The van der Waals surface area contributed by atoms with E-state index in [1.807, 2.05) is 0 Å². The molecule has 0 bridgehead atoms. The van der Waals surface area contributed by atoms with Gasteiger partial charge < -0.3 is 5.11 Å². The predicted octanol–water partition coefficient (Wildman–Crippen LogP) is 1.91. The molecule has 0 radical (unpaired) electrons. The summed E-state index contributed by atoms with van der Waals surface area (Å²) in [4.78, 5) is 10.7. The van der Waals surface area contributed by atoms with Crippen molar-refractivity contribution >= 4 is 21.7 Å². The molecule has 3 aromatic rings. The van der Waals surface area contributed by atoms with Gasteiger partial charge in [0, 0.05) is 0 Å². The highest BCUT2D eigenvalue weighted by molar-refractivity contribution is 7.92. The second-order valence-electron chi connectivity index (χ2n) is 4.95. The van der Waals surface area contributed by atoms with Gasteiger partial charge in [-0.15, -0.1) is 5.10 Å². The van der Waals surface area contributed by atoms with E-state index >= 15 is 0 Å². The van der Waals surface area contributed by atoms with Crippen LogP contribution in [0.2, 0.25) is 0 Å². The van der Waals surface area contributed by atoms with Gasteiger partial charge in [0.25, 0.3) is 10.0 Å². The number of benzene rings is 2. The first kappa shape index (κ1) is 16.6. The highest BCUT2D eigenvalue weighted by atomic mass is 32.2. The molecule has 1 heterocycles. The quantitative estimate of drug-likeness (QED) is 0.716. The van der Waals surface area contributed by atoms with Gasteiger partial charge >= 0.3 is 5.97 Å². The van der Waals surface area contributed by atoms with Gasteiger partial charge in [-0.3, -0.25) is 4.72 Å². The highest BCUT2D eigenvalue weighted by Gasteiger charge is 2.17. The third-order valence-electron chi connectivity index (χ3n) is 3.29. The number of hydrogen-bond donors (Lipinski definition) is 2. The maximum absolute atomic E-state index is 13.7. The average molecular weight is 362 g/mol. The first-order valence-corrected chi connectivity index (χ1v) is 8.37. The smallest absolute Gasteiger partial charge is 0.338 e. The molecule has 3 rings (SSSR count). The molecule has 8 nitrogen and oxygen atoms in total. The van der Waals surface area contributed by atoms with Crippen molar-refractivity contribution in [2.75, 3.05) is 4.72 Å². The zero-order valence-electron chi connectivity index (χ0n) is 12.5. The monoisotopic (exact) mass is 362 g/mol. The Kier molecular flexibility index (Phi) is 4.19. The van der Waals surface area contributed by atoms with Gasteiger partial charge in [-0.2, -0.15) is 0 Å². The molecule has 25 heavy (non-hydrogen) atoms. The Morgan fingerprint density at radius 3 is 2.44 bits per heavy atom. The van der Waals surface area contributed by atoms with E-state index in [0.717, 1.165) is 12.1 Å². The Balaban J connectivity index is 1.84. The van der Waals surface area contributed by atoms with Crippen LogP contribution >= 0.6 is 0 Å². The molecule has 2 aromatic carbocycles. The molecule has 128 valence electrons. The van der Waals surface area contributed by atoms with Crippen molar-refractivity contribution in [3.8, 4) is 5.69 Å². The minimum absolute atomic E-state index is 0.0425. The number of sulfonamides is 1. The third kappa shape index (κ3) is 3.48. The normalized spacial score (nSPS) is 11.2. The molecule has 2 N–H and O–H groups in total. The molecule has 0 aliphatic rings. The van der Waals surface area contributed by atoms with E-state index in [0.29, 0.717) is 5.69 Å². The van der Waals surface area contributed by atoms with E-state index in [-0.39, 0.29) is 10.6 Å². The Labute approximate surface area is 141 Å². The second kappa shape index (κ2) is 6.32. The zero-order chi connectivity index (χ0) is 18.0. The van der Waals surface area contributed by atoms with Gasteiger partial charge in [-0.25, -0.2) is 22.3 Å². The van der Waals surface area contributed by atoms with Crippen LogP contribution in [0.15, 0.2) is 59.8 Å². The van der Waals surface area contributed by atoms with E-state index in [2.05, 4.69) is 15.0 Å². The van der Waals surface area contributed by atoms with Crippen molar-refractivity contribution in [1.82, 2.24) is 15.0 Å². The minimum Gasteiger partial charge on any atom is -0.478 e. The van der Waals surface area contributed by atoms with Crippen LogP contribution in [0.5, 0.6) is 0 Å². The van der Waals surface area contributed by atoms with Crippen LogP contribution in [-0.2, 0) is 10.0 Å². The fourth-order valence-electron chi connectivity index (χ4n) is 2.09. The van der Waals surface area contributed by atoms with Crippen molar-refractivity contribution < 1.29 is 22.7 Å². The Morgan fingerprint density at radius 2 is 1.88 bits per heavy atom. The van der Waals surface area contributed by atoms with Crippen molar-refractivity contribution in [2.24, 2.45) is 0 Å². The summed E-state index contributed by atoms with van der Waals surface area (Å²) in [5.74, 6) is -2.47. The lowest BCUT2D eigenvalue weighted by molar-refractivity contribution is 0.0692. The van der Waals surface area contributed by atoms with Crippen LogP contribution in [0.1, 0.15) is 10.4 Å². The molecule has 0 amide bonds. The Bertz CT molecular complexity index is 1020.